The summed E-state index contributed by atoms with van der Waals surface area (Å²) in [4.78, 5) is 0. The van der Waals surface area contributed by atoms with Crippen molar-refractivity contribution < 1.29 is 21.8 Å². The van der Waals surface area contributed by atoms with Gasteiger partial charge in [-0.05, 0) is 0 Å². The van der Waals surface area contributed by atoms with Gasteiger partial charge in [-0.2, -0.15) is 0 Å². The van der Waals surface area contributed by atoms with Gasteiger partial charge in [0, 0.05) is 0 Å². The molecule has 0 amide bonds. The predicted molar refractivity (Wildman–Crippen MR) is 30.5 cm³/mol. The first-order valence-electron chi connectivity index (χ1n) is 0.289. The molecule has 0 saturated carbocycles. The fourth-order valence-corrected chi connectivity index (χ4v) is 0. The van der Waals surface area contributed by atoms with E-state index in [-0.39, 0.29) is 83.7 Å². The SMILES string of the molecule is [GaH3].[GaH3].[InH3].[O]=[Zn]. The van der Waals surface area contributed by atoms with E-state index in [2.05, 4.69) is 0 Å². The maximum atomic E-state index is 8.38. The minimum absolute atomic E-state index is 0. The first-order chi connectivity index (χ1) is 1.00. The monoisotopic (exact) mass is 342 g/mol. The van der Waals surface area contributed by atoms with Gasteiger partial charge in [0.25, 0.3) is 0 Å². The van der Waals surface area contributed by atoms with Gasteiger partial charge in [-0.1, -0.05) is 0 Å². The van der Waals surface area contributed by atoms with Crippen LogP contribution in [0.2, 0.25) is 0 Å². The van der Waals surface area contributed by atoms with Crippen molar-refractivity contribution in [3.63, 3.8) is 0 Å². The van der Waals surface area contributed by atoms with Crippen LogP contribution in [0.4, 0.5) is 0 Å². The second-order valence-corrected chi connectivity index (χ2v) is 0. The Balaban J connectivity index is -0.00000000167. The molecule has 0 unspecified atom stereocenters. The third-order valence-electron chi connectivity index (χ3n) is 0. The van der Waals surface area contributed by atoms with Crippen molar-refractivity contribution >= 4 is 65.4 Å². The zero-order valence-corrected chi connectivity index (χ0v) is 4.08. The van der Waals surface area contributed by atoms with E-state index in [9.17, 15) is 0 Å². The van der Waals surface area contributed by atoms with Crippen LogP contribution in [0.15, 0.2) is 0 Å². The molecule has 0 rings (SSSR count). The average Bonchev–Trinajstić information content (AvgIpc) is 1.00. The first-order valence-corrected chi connectivity index (χ1v) is 1.50. The van der Waals surface area contributed by atoms with E-state index in [4.69, 9.17) is 3.57 Å². The molecule has 0 aliphatic heterocycles. The second kappa shape index (κ2) is 30.9. The molecule has 0 aromatic rings. The summed E-state index contributed by atoms with van der Waals surface area (Å²) in [5.74, 6) is 0. The molecule has 5 heavy (non-hydrogen) atoms. The molecule has 0 saturated heterocycles. The second-order valence-electron chi connectivity index (χ2n) is 0. The standard InChI is InChI=1S/2Ga.In.O.Zn.9H. The summed E-state index contributed by atoms with van der Waals surface area (Å²) < 4.78 is 8.38. The molecule has 0 spiro atoms. The Bertz CT molecular complexity index is 9.61. The van der Waals surface area contributed by atoms with Gasteiger partial charge in [0.2, 0.25) is 0 Å². The van der Waals surface area contributed by atoms with Crippen molar-refractivity contribution in [1.29, 1.82) is 0 Å². The van der Waals surface area contributed by atoms with Gasteiger partial charge in [-0.3, -0.25) is 0 Å². The molecule has 0 N–H and O–H groups in total. The van der Waals surface area contributed by atoms with Crippen molar-refractivity contribution in [2.75, 3.05) is 0 Å². The maximum absolute atomic E-state index is 8.38. The molecule has 0 aromatic heterocycles. The van der Waals surface area contributed by atoms with Gasteiger partial charge in [-0.15, -0.1) is 0 Å². The van der Waals surface area contributed by atoms with Crippen LogP contribution in [0.1, 0.15) is 0 Å². The molecule has 0 aliphatic rings. The molecule has 0 radical (unpaired) electrons. The van der Waals surface area contributed by atoms with Gasteiger partial charge >= 0.3 is 87.3 Å². The van der Waals surface area contributed by atoms with Crippen molar-refractivity contribution in [3.05, 3.63) is 0 Å². The van der Waals surface area contributed by atoms with Crippen LogP contribution in [-0.4, -0.2) is 65.4 Å². The first kappa shape index (κ1) is 25.7. The van der Waals surface area contributed by atoms with Crippen molar-refractivity contribution in [2.24, 2.45) is 0 Å². The van der Waals surface area contributed by atoms with E-state index in [1.807, 2.05) is 0 Å². The van der Waals surface area contributed by atoms with Crippen molar-refractivity contribution in [3.8, 4) is 0 Å². The Kier molecular flexibility index (Phi) is 158. The quantitative estimate of drug-likeness (QED) is 0.414. The van der Waals surface area contributed by atoms with Crippen LogP contribution in [0.3, 0.4) is 0 Å². The zero-order chi connectivity index (χ0) is 2.00. The molecule has 0 aliphatic carbocycles. The summed E-state index contributed by atoms with van der Waals surface area (Å²) in [6.45, 7) is 0. The van der Waals surface area contributed by atoms with Gasteiger partial charge in [0.1, 0.15) is 0 Å². The number of hydrogen-bond donors (Lipinski definition) is 0. The fourth-order valence-electron chi connectivity index (χ4n) is 0. The number of rotatable bonds is 0. The van der Waals surface area contributed by atoms with E-state index in [0.717, 1.165) is 0 Å². The third kappa shape index (κ3) is 20.8. The Hall–Kier alpha value is 2.57. The molecular formula is H9Ga2InOZn. The number of hydrogen-bond acceptors (Lipinski definition) is 1. The molecule has 26 valence electrons. The molecule has 0 heterocycles. The van der Waals surface area contributed by atoms with Crippen LogP contribution < -0.4 is 0 Å². The van der Waals surface area contributed by atoms with E-state index >= 15 is 0 Å². The van der Waals surface area contributed by atoms with Crippen molar-refractivity contribution in [2.45, 2.75) is 0 Å². The molecule has 1 nitrogen and oxygen atoms in total. The Morgan fingerprint density at radius 2 is 1.00 bits per heavy atom. The van der Waals surface area contributed by atoms with Crippen LogP contribution in [0.25, 0.3) is 0 Å². The van der Waals surface area contributed by atoms with Gasteiger partial charge in [0.15, 0.2) is 0 Å². The van der Waals surface area contributed by atoms with E-state index in [0.29, 0.717) is 0 Å². The normalized spacial score (nSPS) is 1.20. The average molecular weight is 345 g/mol. The van der Waals surface area contributed by atoms with Gasteiger partial charge in [-0.25, -0.2) is 0 Å². The molecule has 0 atom stereocenters. The molecular weight excluding hydrogens is 336 g/mol. The van der Waals surface area contributed by atoms with E-state index in [1.165, 1.54) is 0 Å². The Morgan fingerprint density at radius 1 is 1.00 bits per heavy atom. The van der Waals surface area contributed by atoms with Crippen LogP contribution in [0, 0.1) is 0 Å². The summed E-state index contributed by atoms with van der Waals surface area (Å²) in [5.41, 5.74) is 0. The topological polar surface area (TPSA) is 17.1 Å². The summed E-state index contributed by atoms with van der Waals surface area (Å²) in [5, 5.41) is 0. The Labute approximate surface area is 85.9 Å². The third-order valence-corrected chi connectivity index (χ3v) is 0. The van der Waals surface area contributed by atoms with Gasteiger partial charge in [0.05, 0.1) is 0 Å². The van der Waals surface area contributed by atoms with Crippen LogP contribution >= 0.6 is 0 Å². The Morgan fingerprint density at radius 3 is 1.00 bits per heavy atom. The fraction of sp³-hybridized carbons (Fsp3) is 0. The van der Waals surface area contributed by atoms with E-state index < -0.39 is 0 Å². The molecule has 5 heteroatoms. The molecule has 0 aromatic carbocycles. The summed E-state index contributed by atoms with van der Waals surface area (Å²) in [6.07, 6.45) is 0. The summed E-state index contributed by atoms with van der Waals surface area (Å²) >= 11 is 0.125. The van der Waals surface area contributed by atoms with Crippen LogP contribution in [-0.2, 0) is 21.8 Å². The predicted octanol–water partition coefficient (Wildman–Crippen LogP) is -3.67. The molecule has 0 fully saturated rings. The summed E-state index contributed by atoms with van der Waals surface area (Å²) in [6, 6.07) is 0. The zero-order valence-electron chi connectivity index (χ0n) is 1.12. The van der Waals surface area contributed by atoms with Gasteiger partial charge < -0.3 is 0 Å². The van der Waals surface area contributed by atoms with Crippen LogP contribution in [0.5, 0.6) is 0 Å². The minimum atomic E-state index is 0. The molecule has 0 bridgehead atoms. The summed E-state index contributed by atoms with van der Waals surface area (Å²) in [7, 11) is 0. The van der Waals surface area contributed by atoms with E-state index in [1.54, 1.807) is 0 Å². The van der Waals surface area contributed by atoms with Crippen molar-refractivity contribution in [1.82, 2.24) is 0 Å².